The van der Waals surface area contributed by atoms with Gasteiger partial charge >= 0.3 is 0 Å². The molecule has 96 valence electrons. The summed E-state index contributed by atoms with van der Waals surface area (Å²) < 4.78 is 6.85. The number of rotatable bonds is 3. The molecule has 1 amide bonds. The number of pyridine rings is 1. The highest BCUT2D eigenvalue weighted by atomic mass is 16.3. The van der Waals surface area contributed by atoms with Crippen LogP contribution in [-0.4, -0.2) is 20.3 Å². The lowest BCUT2D eigenvalue weighted by atomic mass is 10.3. The highest BCUT2D eigenvalue weighted by Gasteiger charge is 2.10. The van der Waals surface area contributed by atoms with Crippen molar-refractivity contribution >= 4 is 11.6 Å². The molecule has 3 heterocycles. The number of aromatic nitrogens is 3. The molecule has 0 radical (unpaired) electrons. The number of nitrogens with zero attached hydrogens (tertiary/aromatic N) is 3. The molecular formula is C13H12N4O2. The van der Waals surface area contributed by atoms with Crippen LogP contribution in [0.15, 0.2) is 41.5 Å². The molecule has 0 aliphatic heterocycles. The molecule has 19 heavy (non-hydrogen) atoms. The van der Waals surface area contributed by atoms with Crippen molar-refractivity contribution < 1.29 is 9.21 Å². The lowest BCUT2D eigenvalue weighted by molar-refractivity contribution is 0.0922. The summed E-state index contributed by atoms with van der Waals surface area (Å²) in [5.74, 6) is -0.105. The molecule has 1 N–H and O–H groups in total. The van der Waals surface area contributed by atoms with E-state index >= 15 is 0 Å². The number of imidazole rings is 1. The van der Waals surface area contributed by atoms with Crippen molar-refractivity contribution in [3.05, 3.63) is 54.1 Å². The predicted octanol–water partition coefficient (Wildman–Crippen LogP) is 1.56. The fraction of sp³-hybridized carbons (Fsp3) is 0.154. The Morgan fingerprint density at radius 3 is 3.16 bits per heavy atom. The van der Waals surface area contributed by atoms with Crippen molar-refractivity contribution in [1.29, 1.82) is 0 Å². The van der Waals surface area contributed by atoms with Crippen LogP contribution in [0.3, 0.4) is 0 Å². The van der Waals surface area contributed by atoms with Crippen molar-refractivity contribution in [2.45, 2.75) is 13.5 Å². The molecule has 3 aromatic heterocycles. The Morgan fingerprint density at radius 2 is 2.42 bits per heavy atom. The molecule has 3 aromatic rings. The highest BCUT2D eigenvalue weighted by molar-refractivity contribution is 5.90. The average molecular weight is 256 g/mol. The summed E-state index contributed by atoms with van der Waals surface area (Å²) in [6.07, 6.45) is 6.42. The number of carbonyl (C=O) groups excluding carboxylic acids is 1. The minimum absolute atomic E-state index is 0.194. The summed E-state index contributed by atoms with van der Waals surface area (Å²) in [7, 11) is 0. The van der Waals surface area contributed by atoms with E-state index in [4.69, 9.17) is 4.42 Å². The maximum Gasteiger partial charge on any atom is 0.289 e. The topological polar surface area (TPSA) is 72.4 Å². The van der Waals surface area contributed by atoms with Crippen LogP contribution in [0.2, 0.25) is 0 Å². The highest BCUT2D eigenvalue weighted by Crippen LogP contribution is 2.09. The summed E-state index contributed by atoms with van der Waals surface area (Å²) in [5, 5.41) is 2.73. The maximum atomic E-state index is 11.7. The molecule has 3 rings (SSSR count). The van der Waals surface area contributed by atoms with E-state index in [1.807, 2.05) is 35.9 Å². The minimum atomic E-state index is -0.300. The Balaban J connectivity index is 1.75. The maximum absolute atomic E-state index is 11.7. The Labute approximate surface area is 109 Å². The quantitative estimate of drug-likeness (QED) is 0.771. The fourth-order valence-corrected chi connectivity index (χ4v) is 1.88. The molecule has 0 saturated carbocycles. The van der Waals surface area contributed by atoms with E-state index in [-0.39, 0.29) is 11.7 Å². The van der Waals surface area contributed by atoms with Crippen LogP contribution >= 0.6 is 0 Å². The molecule has 0 fully saturated rings. The van der Waals surface area contributed by atoms with E-state index in [0.29, 0.717) is 6.54 Å². The number of hydrogen-bond donors (Lipinski definition) is 1. The fourth-order valence-electron chi connectivity index (χ4n) is 1.88. The second-order valence-electron chi connectivity index (χ2n) is 4.20. The van der Waals surface area contributed by atoms with Gasteiger partial charge in [-0.3, -0.25) is 4.79 Å². The van der Waals surface area contributed by atoms with Crippen LogP contribution in [0.1, 0.15) is 21.8 Å². The second kappa shape index (κ2) is 4.56. The SMILES string of the molecule is Cc1cccn2cc(CNC(=O)c3cnco3)nc12. The first-order chi connectivity index (χ1) is 9.24. The Morgan fingerprint density at radius 1 is 1.53 bits per heavy atom. The van der Waals surface area contributed by atoms with Crippen molar-refractivity contribution in [1.82, 2.24) is 19.7 Å². The van der Waals surface area contributed by atoms with E-state index in [9.17, 15) is 4.79 Å². The summed E-state index contributed by atoms with van der Waals surface area (Å²) in [6, 6.07) is 3.96. The van der Waals surface area contributed by atoms with Gasteiger partial charge in [0, 0.05) is 12.4 Å². The van der Waals surface area contributed by atoms with Crippen LogP contribution in [0.5, 0.6) is 0 Å². The molecule has 0 atom stereocenters. The lowest BCUT2D eigenvalue weighted by Gasteiger charge is -1.98. The van der Waals surface area contributed by atoms with Gasteiger partial charge in [0.2, 0.25) is 5.76 Å². The van der Waals surface area contributed by atoms with Crippen molar-refractivity contribution in [3.8, 4) is 0 Å². The molecule has 6 heteroatoms. The summed E-state index contributed by atoms with van der Waals surface area (Å²) in [5.41, 5.74) is 2.78. The molecule has 0 saturated heterocycles. The average Bonchev–Trinajstić information content (AvgIpc) is 3.05. The van der Waals surface area contributed by atoms with Crippen molar-refractivity contribution in [3.63, 3.8) is 0 Å². The molecular weight excluding hydrogens is 244 g/mol. The minimum Gasteiger partial charge on any atom is -0.438 e. The van der Waals surface area contributed by atoms with E-state index in [0.717, 1.165) is 16.9 Å². The van der Waals surface area contributed by atoms with Gasteiger partial charge in [-0.1, -0.05) is 6.07 Å². The summed E-state index contributed by atoms with van der Waals surface area (Å²) in [6.45, 7) is 2.35. The van der Waals surface area contributed by atoms with Crippen LogP contribution in [0.4, 0.5) is 0 Å². The molecule has 0 aliphatic rings. The smallest absolute Gasteiger partial charge is 0.289 e. The molecule has 0 unspecified atom stereocenters. The van der Waals surface area contributed by atoms with Gasteiger partial charge in [0.1, 0.15) is 5.65 Å². The number of nitrogens with one attached hydrogen (secondary N) is 1. The molecule has 0 aromatic carbocycles. The Bertz CT molecular complexity index is 715. The number of amides is 1. The van der Waals surface area contributed by atoms with Gasteiger partial charge in [-0.25, -0.2) is 9.97 Å². The number of oxazole rings is 1. The molecule has 6 nitrogen and oxygen atoms in total. The number of hydrogen-bond acceptors (Lipinski definition) is 4. The first-order valence-electron chi connectivity index (χ1n) is 5.84. The van der Waals surface area contributed by atoms with Gasteiger partial charge in [0.25, 0.3) is 5.91 Å². The third kappa shape index (κ3) is 2.20. The standard InChI is InChI=1S/C13H12N4O2/c1-9-3-2-4-17-7-10(16-12(9)17)5-15-13(18)11-6-14-8-19-11/h2-4,6-8H,5H2,1H3,(H,15,18). The Hall–Kier alpha value is -2.63. The number of fused-ring (bicyclic) bond motifs is 1. The normalized spacial score (nSPS) is 10.8. The predicted molar refractivity (Wildman–Crippen MR) is 67.6 cm³/mol. The lowest BCUT2D eigenvalue weighted by Crippen LogP contribution is -2.22. The first-order valence-corrected chi connectivity index (χ1v) is 5.84. The van der Waals surface area contributed by atoms with E-state index in [1.165, 1.54) is 12.6 Å². The molecule has 0 spiro atoms. The van der Waals surface area contributed by atoms with Crippen LogP contribution in [0, 0.1) is 6.92 Å². The number of carbonyl (C=O) groups is 1. The zero-order chi connectivity index (χ0) is 13.2. The van der Waals surface area contributed by atoms with Crippen LogP contribution in [-0.2, 0) is 6.54 Å². The summed E-state index contributed by atoms with van der Waals surface area (Å²) >= 11 is 0. The largest absolute Gasteiger partial charge is 0.438 e. The zero-order valence-corrected chi connectivity index (χ0v) is 10.3. The van der Waals surface area contributed by atoms with Crippen molar-refractivity contribution in [2.75, 3.05) is 0 Å². The van der Waals surface area contributed by atoms with Gasteiger partial charge < -0.3 is 14.1 Å². The van der Waals surface area contributed by atoms with Crippen LogP contribution in [0.25, 0.3) is 5.65 Å². The number of aryl methyl sites for hydroxylation is 1. The monoisotopic (exact) mass is 256 g/mol. The van der Waals surface area contributed by atoms with Gasteiger partial charge in [-0.2, -0.15) is 0 Å². The van der Waals surface area contributed by atoms with E-state index < -0.39 is 0 Å². The van der Waals surface area contributed by atoms with Crippen LogP contribution < -0.4 is 5.32 Å². The first kappa shape index (κ1) is 11.5. The van der Waals surface area contributed by atoms with Gasteiger partial charge in [0.15, 0.2) is 6.39 Å². The third-order valence-corrected chi connectivity index (χ3v) is 2.81. The Kier molecular flexibility index (Phi) is 2.75. The van der Waals surface area contributed by atoms with Gasteiger partial charge in [-0.15, -0.1) is 0 Å². The molecule has 0 bridgehead atoms. The van der Waals surface area contributed by atoms with Gasteiger partial charge in [0.05, 0.1) is 18.4 Å². The summed E-state index contributed by atoms with van der Waals surface area (Å²) in [4.78, 5) is 19.8. The van der Waals surface area contributed by atoms with E-state index in [2.05, 4.69) is 15.3 Å². The second-order valence-corrected chi connectivity index (χ2v) is 4.20. The molecule has 0 aliphatic carbocycles. The van der Waals surface area contributed by atoms with Gasteiger partial charge in [-0.05, 0) is 18.6 Å². The zero-order valence-electron chi connectivity index (χ0n) is 10.3. The third-order valence-electron chi connectivity index (χ3n) is 2.81. The van der Waals surface area contributed by atoms with E-state index in [1.54, 1.807) is 0 Å². The van der Waals surface area contributed by atoms with Crippen molar-refractivity contribution in [2.24, 2.45) is 0 Å².